The molecule has 0 spiro atoms. The van der Waals surface area contributed by atoms with Crippen LogP contribution in [0.15, 0.2) is 10.2 Å². The number of hydrogen-bond acceptors (Lipinski definition) is 6. The molecule has 108 valence electrons. The maximum atomic E-state index is 11.2. The number of carboxylic acid groups (broad SMARTS) is 1. The van der Waals surface area contributed by atoms with Gasteiger partial charge in [0.1, 0.15) is 6.04 Å². The first-order valence-corrected chi connectivity index (χ1v) is 6.26. The molecule has 1 atom stereocenters. The number of carboxylic acids is 1. The number of nitrogens with zero attached hydrogens (tertiary/aromatic N) is 2. The second kappa shape index (κ2) is 7.03. The van der Waals surface area contributed by atoms with E-state index in [4.69, 9.17) is 15.6 Å². The van der Waals surface area contributed by atoms with Gasteiger partial charge in [-0.15, -0.1) is 0 Å². The molecule has 8 nitrogen and oxygen atoms in total. The lowest BCUT2D eigenvalue weighted by Crippen LogP contribution is -2.30. The summed E-state index contributed by atoms with van der Waals surface area (Å²) in [5.74, 6) is -1.00. The second-order valence-electron chi connectivity index (χ2n) is 4.67. The number of ether oxygens (including phenoxy) is 1. The Bertz CT molecular complexity index is 353. The number of nitrogens with two attached hydrogens (primary N) is 1. The molecule has 4 N–H and O–H groups in total. The number of rotatable bonds is 9. The first-order chi connectivity index (χ1) is 8.93. The lowest BCUT2D eigenvalue weighted by atomic mass is 10.1. The summed E-state index contributed by atoms with van der Waals surface area (Å²) < 4.78 is 4.94. The minimum absolute atomic E-state index is 0.277. The van der Waals surface area contributed by atoms with E-state index in [1.54, 1.807) is 0 Å². The van der Waals surface area contributed by atoms with Gasteiger partial charge in [-0.3, -0.25) is 4.79 Å². The van der Waals surface area contributed by atoms with Crippen LogP contribution in [0.2, 0.25) is 0 Å². The summed E-state index contributed by atoms with van der Waals surface area (Å²) in [4.78, 5) is 21.7. The SMILES string of the molecule is CC1(CCOC(=O)NCCCCC(N)C(=O)O)N=N1. The summed E-state index contributed by atoms with van der Waals surface area (Å²) in [7, 11) is 0. The van der Waals surface area contributed by atoms with Crippen molar-refractivity contribution in [1.82, 2.24) is 5.32 Å². The normalized spacial score (nSPS) is 16.7. The third kappa shape index (κ3) is 6.70. The molecule has 0 radical (unpaired) electrons. The Morgan fingerprint density at radius 1 is 1.42 bits per heavy atom. The average molecular weight is 272 g/mol. The second-order valence-corrected chi connectivity index (χ2v) is 4.67. The molecule has 19 heavy (non-hydrogen) atoms. The largest absolute Gasteiger partial charge is 0.480 e. The van der Waals surface area contributed by atoms with E-state index in [1.807, 2.05) is 6.92 Å². The predicted molar refractivity (Wildman–Crippen MR) is 66.7 cm³/mol. The van der Waals surface area contributed by atoms with Crippen molar-refractivity contribution in [1.29, 1.82) is 0 Å². The van der Waals surface area contributed by atoms with Crippen LogP contribution in [0.25, 0.3) is 0 Å². The van der Waals surface area contributed by atoms with Crippen LogP contribution in [0.1, 0.15) is 32.6 Å². The molecule has 1 aliphatic rings. The van der Waals surface area contributed by atoms with Crippen LogP contribution in [-0.4, -0.2) is 42.0 Å². The summed E-state index contributed by atoms with van der Waals surface area (Å²) in [6.45, 7) is 2.58. The van der Waals surface area contributed by atoms with Crippen molar-refractivity contribution < 1.29 is 19.4 Å². The number of hydrogen-bond donors (Lipinski definition) is 3. The minimum Gasteiger partial charge on any atom is -0.480 e. The van der Waals surface area contributed by atoms with Crippen molar-refractivity contribution in [3.63, 3.8) is 0 Å². The van der Waals surface area contributed by atoms with E-state index in [-0.39, 0.29) is 12.3 Å². The standard InChI is InChI=1S/C11H20N4O4/c1-11(14-15-11)5-7-19-10(18)13-6-3-2-4-8(12)9(16)17/h8H,2-7,12H2,1H3,(H,13,18)(H,16,17). The Morgan fingerprint density at radius 2 is 2.11 bits per heavy atom. The van der Waals surface area contributed by atoms with E-state index >= 15 is 0 Å². The van der Waals surface area contributed by atoms with Gasteiger partial charge in [-0.25, -0.2) is 4.79 Å². The molecule has 8 heteroatoms. The zero-order valence-electron chi connectivity index (χ0n) is 11.0. The van der Waals surface area contributed by atoms with Crippen LogP contribution in [0.5, 0.6) is 0 Å². The lowest BCUT2D eigenvalue weighted by molar-refractivity contribution is -0.138. The highest BCUT2D eigenvalue weighted by molar-refractivity contribution is 5.72. The molecular weight excluding hydrogens is 252 g/mol. The zero-order valence-corrected chi connectivity index (χ0v) is 11.0. The van der Waals surface area contributed by atoms with Gasteiger partial charge in [0.15, 0.2) is 5.66 Å². The van der Waals surface area contributed by atoms with E-state index in [9.17, 15) is 9.59 Å². The Balaban J connectivity index is 1.91. The van der Waals surface area contributed by atoms with Crippen molar-refractivity contribution in [2.24, 2.45) is 16.0 Å². The van der Waals surface area contributed by atoms with Gasteiger partial charge in [-0.1, -0.05) is 0 Å². The van der Waals surface area contributed by atoms with Gasteiger partial charge < -0.3 is 20.9 Å². The lowest BCUT2D eigenvalue weighted by Gasteiger charge is -2.08. The minimum atomic E-state index is -1.00. The highest BCUT2D eigenvalue weighted by Crippen LogP contribution is 2.30. The average Bonchev–Trinajstić information content (AvgIpc) is 3.06. The fourth-order valence-corrected chi connectivity index (χ4v) is 1.38. The molecule has 0 aromatic heterocycles. The summed E-state index contributed by atoms with van der Waals surface area (Å²) in [6.07, 6.45) is 1.82. The summed E-state index contributed by atoms with van der Waals surface area (Å²) in [5.41, 5.74) is 4.99. The van der Waals surface area contributed by atoms with Crippen LogP contribution < -0.4 is 11.1 Å². The van der Waals surface area contributed by atoms with Gasteiger partial charge in [-0.2, -0.15) is 10.2 Å². The topological polar surface area (TPSA) is 126 Å². The highest BCUT2D eigenvalue weighted by atomic mass is 16.5. The van der Waals surface area contributed by atoms with Crippen LogP contribution in [0.3, 0.4) is 0 Å². The highest BCUT2D eigenvalue weighted by Gasteiger charge is 2.33. The molecule has 0 aromatic rings. The zero-order chi connectivity index (χ0) is 14.3. The number of alkyl carbamates (subject to hydrolysis) is 1. The maximum Gasteiger partial charge on any atom is 0.407 e. The molecule has 0 bridgehead atoms. The maximum absolute atomic E-state index is 11.2. The van der Waals surface area contributed by atoms with Crippen LogP contribution in [-0.2, 0) is 9.53 Å². The van der Waals surface area contributed by atoms with Gasteiger partial charge >= 0.3 is 12.1 Å². The van der Waals surface area contributed by atoms with E-state index in [1.165, 1.54) is 0 Å². The van der Waals surface area contributed by atoms with E-state index in [0.29, 0.717) is 32.2 Å². The van der Waals surface area contributed by atoms with Crippen LogP contribution in [0, 0.1) is 0 Å². The first kappa shape index (κ1) is 15.4. The van der Waals surface area contributed by atoms with Crippen molar-refractivity contribution in [2.75, 3.05) is 13.2 Å². The molecule has 1 amide bonds. The predicted octanol–water partition coefficient (Wildman–Crippen LogP) is 0.867. The molecule has 0 aromatic carbocycles. The van der Waals surface area contributed by atoms with Crippen LogP contribution >= 0.6 is 0 Å². The molecule has 1 unspecified atom stereocenters. The number of aliphatic carboxylic acids is 1. The number of carbonyl (C=O) groups excluding carboxylic acids is 1. The number of carbonyl (C=O) groups is 2. The van der Waals surface area contributed by atoms with E-state index in [0.717, 1.165) is 0 Å². The fourth-order valence-electron chi connectivity index (χ4n) is 1.38. The van der Waals surface area contributed by atoms with Crippen molar-refractivity contribution in [3.05, 3.63) is 0 Å². The summed E-state index contributed by atoms with van der Waals surface area (Å²) >= 11 is 0. The summed E-state index contributed by atoms with van der Waals surface area (Å²) in [5, 5.41) is 18.7. The molecule has 0 fully saturated rings. The molecule has 0 saturated heterocycles. The smallest absolute Gasteiger partial charge is 0.407 e. The third-order valence-electron chi connectivity index (χ3n) is 2.78. The van der Waals surface area contributed by atoms with E-state index < -0.39 is 18.1 Å². The summed E-state index contributed by atoms with van der Waals surface area (Å²) in [6, 6.07) is -0.835. The fraction of sp³-hybridized carbons (Fsp3) is 0.818. The molecule has 0 saturated carbocycles. The quantitative estimate of drug-likeness (QED) is 0.537. The third-order valence-corrected chi connectivity index (χ3v) is 2.78. The first-order valence-electron chi connectivity index (χ1n) is 6.26. The molecule has 1 aliphatic heterocycles. The Kier molecular flexibility index (Phi) is 5.68. The van der Waals surface area contributed by atoms with Gasteiger partial charge in [0, 0.05) is 13.0 Å². The molecular formula is C11H20N4O4. The monoisotopic (exact) mass is 272 g/mol. The van der Waals surface area contributed by atoms with Gasteiger partial charge in [0.25, 0.3) is 0 Å². The Labute approximate surface area is 111 Å². The van der Waals surface area contributed by atoms with Gasteiger partial charge in [-0.05, 0) is 26.2 Å². The Hall–Kier alpha value is -1.70. The molecule has 0 aliphatic carbocycles. The molecule has 1 heterocycles. The van der Waals surface area contributed by atoms with Crippen molar-refractivity contribution in [3.8, 4) is 0 Å². The number of nitrogens with one attached hydrogen (secondary N) is 1. The van der Waals surface area contributed by atoms with Crippen molar-refractivity contribution >= 4 is 12.1 Å². The Morgan fingerprint density at radius 3 is 2.68 bits per heavy atom. The van der Waals surface area contributed by atoms with Gasteiger partial charge in [0.05, 0.1) is 6.61 Å². The van der Waals surface area contributed by atoms with Crippen molar-refractivity contribution in [2.45, 2.75) is 44.3 Å². The number of amides is 1. The molecule has 1 rings (SSSR count). The van der Waals surface area contributed by atoms with E-state index in [2.05, 4.69) is 15.5 Å². The van der Waals surface area contributed by atoms with Crippen LogP contribution in [0.4, 0.5) is 4.79 Å². The number of unbranched alkanes of at least 4 members (excludes halogenated alkanes) is 1. The van der Waals surface area contributed by atoms with Gasteiger partial charge in [0.2, 0.25) is 0 Å².